The summed E-state index contributed by atoms with van der Waals surface area (Å²) in [4.78, 5) is 28.4. The monoisotopic (exact) mass is 474 g/mol. The Balaban J connectivity index is 1.75. The summed E-state index contributed by atoms with van der Waals surface area (Å²) >= 11 is 3.38. The minimum Gasteiger partial charge on any atom is -0.265 e. The molecule has 0 bridgehead atoms. The molecule has 1 aliphatic rings. The molecule has 0 N–H and O–H groups in total. The smallest absolute Gasteiger partial charge is 0.265 e. The summed E-state index contributed by atoms with van der Waals surface area (Å²) in [5.41, 5.74) is 1.78. The number of hydrazone groups is 1. The number of amidine groups is 1. The molecule has 0 radical (unpaired) electrons. The zero-order chi connectivity index (χ0) is 21.8. The number of nitrogens with zero attached hydrogens (tertiary/aromatic N) is 4. The Morgan fingerprint density at radius 3 is 2.35 bits per heavy atom. The maximum Gasteiger partial charge on any atom is 0.298 e. The maximum absolute atomic E-state index is 13.1. The number of aliphatic imine (C=N–C) groups is 1. The molecule has 1 amide bonds. The first kappa shape index (κ1) is 20.4. The number of carbonyl (C=O) groups is 1. The van der Waals surface area contributed by atoms with Crippen LogP contribution in [0.1, 0.15) is 16.7 Å². The molecular formula is C23H15BrN4O3. The summed E-state index contributed by atoms with van der Waals surface area (Å²) in [6.07, 6.45) is 2.98. The fourth-order valence-electron chi connectivity index (χ4n) is 2.99. The van der Waals surface area contributed by atoms with Gasteiger partial charge < -0.3 is 0 Å². The standard InChI is InChI=1S/C23H15BrN4O3/c24-19-12-10-16(11-13-19)15-25-27-22(17-6-2-1-3-7-17)26-20(23(27)29)14-18-8-4-5-9-21(18)28(30)31/h1-15H/b20-14-,25-15+. The van der Waals surface area contributed by atoms with Crippen LogP contribution < -0.4 is 0 Å². The van der Waals surface area contributed by atoms with E-state index in [-0.39, 0.29) is 11.4 Å². The lowest BCUT2D eigenvalue weighted by molar-refractivity contribution is -0.385. The van der Waals surface area contributed by atoms with Gasteiger partial charge in [-0.05, 0) is 29.8 Å². The van der Waals surface area contributed by atoms with E-state index in [0.717, 1.165) is 10.0 Å². The van der Waals surface area contributed by atoms with E-state index in [1.54, 1.807) is 24.4 Å². The van der Waals surface area contributed by atoms with Crippen molar-refractivity contribution in [2.75, 3.05) is 0 Å². The molecule has 3 aromatic rings. The molecule has 0 aliphatic carbocycles. The van der Waals surface area contributed by atoms with Crippen molar-refractivity contribution in [2.24, 2.45) is 10.1 Å². The highest BCUT2D eigenvalue weighted by atomic mass is 79.9. The Kier molecular flexibility index (Phi) is 5.81. The number of para-hydroxylation sites is 1. The third-order valence-corrected chi connectivity index (χ3v) is 5.02. The zero-order valence-electron chi connectivity index (χ0n) is 16.1. The molecule has 0 saturated carbocycles. The molecule has 0 atom stereocenters. The molecule has 0 spiro atoms. The van der Waals surface area contributed by atoms with Crippen LogP contribution in [0, 0.1) is 10.1 Å². The lowest BCUT2D eigenvalue weighted by Crippen LogP contribution is -2.27. The van der Waals surface area contributed by atoms with Crippen molar-refractivity contribution >= 4 is 45.7 Å². The van der Waals surface area contributed by atoms with Crippen molar-refractivity contribution in [3.05, 3.63) is 116 Å². The van der Waals surface area contributed by atoms with E-state index in [9.17, 15) is 14.9 Å². The van der Waals surface area contributed by atoms with Crippen molar-refractivity contribution in [1.82, 2.24) is 5.01 Å². The highest BCUT2D eigenvalue weighted by molar-refractivity contribution is 9.10. The van der Waals surface area contributed by atoms with Gasteiger partial charge >= 0.3 is 0 Å². The predicted octanol–water partition coefficient (Wildman–Crippen LogP) is 5.02. The number of carbonyl (C=O) groups excluding carboxylic acids is 1. The van der Waals surface area contributed by atoms with E-state index in [2.05, 4.69) is 26.0 Å². The van der Waals surface area contributed by atoms with E-state index >= 15 is 0 Å². The van der Waals surface area contributed by atoms with Crippen LogP contribution in [0.4, 0.5) is 5.69 Å². The summed E-state index contributed by atoms with van der Waals surface area (Å²) in [6.45, 7) is 0. The highest BCUT2D eigenvalue weighted by Gasteiger charge is 2.31. The van der Waals surface area contributed by atoms with Crippen molar-refractivity contribution in [3.8, 4) is 0 Å². The minimum atomic E-state index is -0.489. The van der Waals surface area contributed by atoms with Crippen LogP contribution in [0.15, 0.2) is 99.1 Å². The summed E-state index contributed by atoms with van der Waals surface area (Å²) in [6, 6.07) is 22.8. The van der Waals surface area contributed by atoms with E-state index < -0.39 is 10.8 Å². The van der Waals surface area contributed by atoms with Gasteiger partial charge in [0.05, 0.1) is 16.7 Å². The fourth-order valence-corrected chi connectivity index (χ4v) is 3.25. The SMILES string of the molecule is O=C1/C(=C/c2ccccc2[N+](=O)[O-])N=C(c2ccccc2)N1/N=C/c1ccc(Br)cc1. The van der Waals surface area contributed by atoms with Crippen LogP contribution in [0.3, 0.4) is 0 Å². The summed E-state index contributed by atoms with van der Waals surface area (Å²) in [5.74, 6) is -0.117. The second-order valence-electron chi connectivity index (χ2n) is 6.56. The van der Waals surface area contributed by atoms with Gasteiger partial charge in [0.25, 0.3) is 11.6 Å². The van der Waals surface area contributed by atoms with Crippen molar-refractivity contribution in [1.29, 1.82) is 0 Å². The molecule has 4 rings (SSSR count). The van der Waals surface area contributed by atoms with Gasteiger partial charge in [-0.15, -0.1) is 0 Å². The molecule has 0 unspecified atom stereocenters. The van der Waals surface area contributed by atoms with Crippen LogP contribution in [0.2, 0.25) is 0 Å². The number of amides is 1. The van der Waals surface area contributed by atoms with Crippen LogP contribution in [-0.4, -0.2) is 27.9 Å². The third-order valence-electron chi connectivity index (χ3n) is 4.49. The molecule has 1 heterocycles. The molecule has 152 valence electrons. The average Bonchev–Trinajstić information content (AvgIpc) is 3.09. The third kappa shape index (κ3) is 4.49. The largest absolute Gasteiger partial charge is 0.298 e. The number of rotatable bonds is 5. The summed E-state index contributed by atoms with van der Waals surface area (Å²) < 4.78 is 0.933. The van der Waals surface area contributed by atoms with Crippen molar-refractivity contribution in [3.63, 3.8) is 0 Å². The predicted molar refractivity (Wildman–Crippen MR) is 123 cm³/mol. The maximum atomic E-state index is 13.1. The Labute approximate surface area is 186 Å². The quantitative estimate of drug-likeness (QED) is 0.225. The number of hydrogen-bond acceptors (Lipinski definition) is 5. The van der Waals surface area contributed by atoms with Gasteiger partial charge in [0, 0.05) is 16.1 Å². The van der Waals surface area contributed by atoms with Gasteiger partial charge in [0.2, 0.25) is 0 Å². The van der Waals surface area contributed by atoms with Crippen LogP contribution in [-0.2, 0) is 4.79 Å². The normalized spacial score (nSPS) is 15.0. The number of nitro groups is 1. The highest BCUT2D eigenvalue weighted by Crippen LogP contribution is 2.26. The van der Waals surface area contributed by atoms with Gasteiger partial charge in [-0.2, -0.15) is 10.1 Å². The first-order chi connectivity index (χ1) is 15.0. The van der Waals surface area contributed by atoms with Gasteiger partial charge in [0.15, 0.2) is 5.84 Å². The minimum absolute atomic E-state index is 0.0705. The molecule has 3 aromatic carbocycles. The molecular weight excluding hydrogens is 460 g/mol. The van der Waals surface area contributed by atoms with E-state index in [4.69, 9.17) is 0 Å². The lowest BCUT2D eigenvalue weighted by atomic mass is 10.1. The molecule has 7 nitrogen and oxygen atoms in total. The average molecular weight is 475 g/mol. The van der Waals surface area contributed by atoms with Crippen LogP contribution >= 0.6 is 15.9 Å². The number of hydrogen-bond donors (Lipinski definition) is 0. The number of halogens is 1. The summed E-state index contributed by atoms with van der Waals surface area (Å²) in [5, 5.41) is 16.9. The van der Waals surface area contributed by atoms with Gasteiger partial charge in [-0.25, -0.2) is 4.99 Å². The van der Waals surface area contributed by atoms with E-state index in [0.29, 0.717) is 17.0 Å². The van der Waals surface area contributed by atoms with Gasteiger partial charge in [-0.3, -0.25) is 14.9 Å². The Morgan fingerprint density at radius 1 is 0.968 bits per heavy atom. The zero-order valence-corrected chi connectivity index (χ0v) is 17.6. The van der Waals surface area contributed by atoms with Gasteiger partial charge in [0.1, 0.15) is 5.70 Å². The van der Waals surface area contributed by atoms with Gasteiger partial charge in [-0.1, -0.05) is 70.5 Å². The second kappa shape index (κ2) is 8.85. The van der Waals surface area contributed by atoms with E-state index in [1.165, 1.54) is 17.2 Å². The molecule has 8 heteroatoms. The first-order valence-electron chi connectivity index (χ1n) is 9.26. The molecule has 0 fully saturated rings. The van der Waals surface area contributed by atoms with E-state index in [1.807, 2.05) is 54.6 Å². The van der Waals surface area contributed by atoms with Crippen LogP contribution in [0.5, 0.6) is 0 Å². The van der Waals surface area contributed by atoms with Crippen LogP contribution in [0.25, 0.3) is 6.08 Å². The number of benzene rings is 3. The molecule has 31 heavy (non-hydrogen) atoms. The van der Waals surface area contributed by atoms with Crippen molar-refractivity contribution < 1.29 is 9.72 Å². The fraction of sp³-hybridized carbons (Fsp3) is 0. The first-order valence-corrected chi connectivity index (χ1v) is 10.1. The topological polar surface area (TPSA) is 88.2 Å². The van der Waals surface area contributed by atoms with Crippen molar-refractivity contribution in [2.45, 2.75) is 0 Å². The lowest BCUT2D eigenvalue weighted by Gasteiger charge is -2.11. The Bertz CT molecular complexity index is 1240. The Morgan fingerprint density at radius 2 is 1.65 bits per heavy atom. The second-order valence-corrected chi connectivity index (χ2v) is 7.48. The molecule has 0 saturated heterocycles. The summed E-state index contributed by atoms with van der Waals surface area (Å²) in [7, 11) is 0. The Hall–Kier alpha value is -3.91. The molecule has 0 aromatic heterocycles. The number of nitro benzene ring substituents is 1. The molecule has 1 aliphatic heterocycles.